The Morgan fingerprint density at radius 2 is 2.17 bits per heavy atom. The lowest BCUT2D eigenvalue weighted by molar-refractivity contribution is -0.138. The van der Waals surface area contributed by atoms with Crippen LogP contribution in [0, 0.1) is 5.82 Å². The van der Waals surface area contributed by atoms with Crippen molar-refractivity contribution in [2.45, 2.75) is 26.3 Å². The Morgan fingerprint density at radius 1 is 1.50 bits per heavy atom. The molecule has 1 aromatic rings. The molecule has 5 nitrogen and oxygen atoms in total. The molecule has 0 saturated carbocycles. The number of carboxylic acid groups (broad SMARTS) is 1. The number of amides is 1. The van der Waals surface area contributed by atoms with Gasteiger partial charge >= 0.3 is 5.97 Å². The third kappa shape index (κ3) is 3.51. The van der Waals surface area contributed by atoms with Crippen LogP contribution in [-0.2, 0) is 4.79 Å². The number of carbonyl (C=O) groups is 2. The first-order valence-corrected chi connectivity index (χ1v) is 5.59. The normalized spacial score (nSPS) is 11.9. The molecular formula is C12H15FN2O3. The van der Waals surface area contributed by atoms with E-state index in [2.05, 4.69) is 4.98 Å². The maximum atomic E-state index is 13.0. The van der Waals surface area contributed by atoms with Gasteiger partial charge in [0.05, 0.1) is 11.8 Å². The predicted molar refractivity (Wildman–Crippen MR) is 62.6 cm³/mol. The number of rotatable bonds is 5. The van der Waals surface area contributed by atoms with Crippen LogP contribution in [0.15, 0.2) is 18.5 Å². The number of aromatic nitrogens is 1. The monoisotopic (exact) mass is 254 g/mol. The van der Waals surface area contributed by atoms with E-state index in [0.717, 1.165) is 12.3 Å². The number of carboxylic acids is 1. The Kier molecular flexibility index (Phi) is 4.76. The molecule has 18 heavy (non-hydrogen) atoms. The summed E-state index contributed by atoms with van der Waals surface area (Å²) in [5.41, 5.74) is 0.0524. The van der Waals surface area contributed by atoms with Crippen molar-refractivity contribution in [2.24, 2.45) is 0 Å². The molecule has 98 valence electrons. The molecule has 0 aromatic carbocycles. The van der Waals surface area contributed by atoms with Gasteiger partial charge in [-0.3, -0.25) is 14.6 Å². The van der Waals surface area contributed by atoms with Gasteiger partial charge in [0.1, 0.15) is 12.4 Å². The summed E-state index contributed by atoms with van der Waals surface area (Å²) in [5, 5.41) is 8.80. The Bertz CT molecular complexity index is 451. The summed E-state index contributed by atoms with van der Waals surface area (Å²) < 4.78 is 13.0. The summed E-state index contributed by atoms with van der Waals surface area (Å²) >= 11 is 0. The van der Waals surface area contributed by atoms with Crippen molar-refractivity contribution in [1.29, 1.82) is 0 Å². The summed E-state index contributed by atoms with van der Waals surface area (Å²) in [6.07, 6.45) is 2.83. The van der Waals surface area contributed by atoms with E-state index in [1.165, 1.54) is 11.1 Å². The molecule has 1 heterocycles. The summed E-state index contributed by atoms with van der Waals surface area (Å²) in [4.78, 5) is 27.6. The molecule has 1 unspecified atom stereocenters. The predicted octanol–water partition coefficient (Wildman–Crippen LogP) is 1.55. The van der Waals surface area contributed by atoms with E-state index in [-0.39, 0.29) is 11.6 Å². The molecule has 0 aliphatic rings. The standard InChI is InChI=1S/C12H15FN2O3/c1-3-8(2)15(7-11(16)17)12(18)9-4-10(13)6-14-5-9/h4-6,8H,3,7H2,1-2H3,(H,16,17). The maximum absolute atomic E-state index is 13.0. The molecule has 1 atom stereocenters. The van der Waals surface area contributed by atoms with E-state index < -0.39 is 24.2 Å². The van der Waals surface area contributed by atoms with Gasteiger partial charge in [0.2, 0.25) is 0 Å². The fourth-order valence-electron chi connectivity index (χ4n) is 1.49. The van der Waals surface area contributed by atoms with Gasteiger partial charge in [-0.05, 0) is 19.4 Å². The number of aliphatic carboxylic acids is 1. The van der Waals surface area contributed by atoms with Crippen molar-refractivity contribution in [3.63, 3.8) is 0 Å². The first-order valence-electron chi connectivity index (χ1n) is 5.59. The maximum Gasteiger partial charge on any atom is 0.323 e. The number of nitrogens with zero attached hydrogens (tertiary/aromatic N) is 2. The molecule has 0 radical (unpaired) electrons. The molecule has 0 bridgehead atoms. The largest absolute Gasteiger partial charge is 0.480 e. The highest BCUT2D eigenvalue weighted by Crippen LogP contribution is 2.11. The van der Waals surface area contributed by atoms with Gasteiger partial charge in [-0.25, -0.2) is 4.39 Å². The first kappa shape index (κ1) is 14.1. The topological polar surface area (TPSA) is 70.5 Å². The van der Waals surface area contributed by atoms with Crippen LogP contribution in [-0.4, -0.2) is 39.5 Å². The summed E-state index contributed by atoms with van der Waals surface area (Å²) in [7, 11) is 0. The van der Waals surface area contributed by atoms with E-state index in [9.17, 15) is 14.0 Å². The van der Waals surface area contributed by atoms with Crippen molar-refractivity contribution in [1.82, 2.24) is 9.88 Å². The van der Waals surface area contributed by atoms with Crippen LogP contribution in [0.4, 0.5) is 4.39 Å². The molecule has 1 amide bonds. The average molecular weight is 254 g/mol. The zero-order chi connectivity index (χ0) is 13.7. The average Bonchev–Trinajstić information content (AvgIpc) is 2.34. The van der Waals surface area contributed by atoms with Crippen molar-refractivity contribution in [3.05, 3.63) is 29.8 Å². The summed E-state index contributed by atoms with van der Waals surface area (Å²) in [6.45, 7) is 3.18. The molecule has 0 aliphatic heterocycles. The third-order valence-corrected chi connectivity index (χ3v) is 2.64. The zero-order valence-electron chi connectivity index (χ0n) is 10.3. The van der Waals surface area contributed by atoms with Gasteiger partial charge in [-0.1, -0.05) is 6.92 Å². The van der Waals surface area contributed by atoms with E-state index in [4.69, 9.17) is 5.11 Å². The first-order chi connectivity index (χ1) is 8.45. The minimum absolute atomic E-state index is 0.0524. The van der Waals surface area contributed by atoms with Crippen LogP contribution in [0.2, 0.25) is 0 Å². The van der Waals surface area contributed by atoms with Crippen molar-refractivity contribution in [3.8, 4) is 0 Å². The van der Waals surface area contributed by atoms with Gasteiger partial charge in [-0.2, -0.15) is 0 Å². The van der Waals surface area contributed by atoms with Crippen molar-refractivity contribution in [2.75, 3.05) is 6.54 Å². The lowest BCUT2D eigenvalue weighted by Gasteiger charge is -2.26. The number of hydrogen-bond acceptors (Lipinski definition) is 3. The highest BCUT2D eigenvalue weighted by Gasteiger charge is 2.23. The van der Waals surface area contributed by atoms with E-state index in [1.54, 1.807) is 6.92 Å². The van der Waals surface area contributed by atoms with Crippen LogP contribution in [0.5, 0.6) is 0 Å². The Hall–Kier alpha value is -1.98. The quantitative estimate of drug-likeness (QED) is 0.865. The number of pyridine rings is 1. The van der Waals surface area contributed by atoms with Gasteiger partial charge < -0.3 is 10.0 Å². The Balaban J connectivity index is 2.98. The molecule has 0 fully saturated rings. The fourth-order valence-corrected chi connectivity index (χ4v) is 1.49. The van der Waals surface area contributed by atoms with Gasteiger partial charge in [0, 0.05) is 12.2 Å². The molecular weight excluding hydrogens is 239 g/mol. The second-order valence-electron chi connectivity index (χ2n) is 3.98. The number of hydrogen-bond donors (Lipinski definition) is 1. The Morgan fingerprint density at radius 3 is 2.67 bits per heavy atom. The summed E-state index contributed by atoms with van der Waals surface area (Å²) in [5.74, 6) is -2.26. The van der Waals surface area contributed by atoms with Gasteiger partial charge in [0.25, 0.3) is 5.91 Å². The van der Waals surface area contributed by atoms with Crippen LogP contribution in [0.3, 0.4) is 0 Å². The zero-order valence-corrected chi connectivity index (χ0v) is 10.3. The van der Waals surface area contributed by atoms with Crippen LogP contribution in [0.25, 0.3) is 0 Å². The minimum atomic E-state index is -1.10. The fraction of sp³-hybridized carbons (Fsp3) is 0.417. The van der Waals surface area contributed by atoms with E-state index in [1.807, 2.05) is 6.92 Å². The molecule has 6 heteroatoms. The van der Waals surface area contributed by atoms with Crippen LogP contribution < -0.4 is 0 Å². The molecule has 0 aliphatic carbocycles. The van der Waals surface area contributed by atoms with Gasteiger partial charge in [0.15, 0.2) is 0 Å². The minimum Gasteiger partial charge on any atom is -0.480 e. The van der Waals surface area contributed by atoms with Crippen LogP contribution in [0.1, 0.15) is 30.6 Å². The highest BCUT2D eigenvalue weighted by atomic mass is 19.1. The smallest absolute Gasteiger partial charge is 0.323 e. The van der Waals surface area contributed by atoms with E-state index >= 15 is 0 Å². The molecule has 1 rings (SSSR count). The lowest BCUT2D eigenvalue weighted by atomic mass is 10.1. The van der Waals surface area contributed by atoms with Crippen molar-refractivity contribution < 1.29 is 19.1 Å². The van der Waals surface area contributed by atoms with Crippen LogP contribution >= 0.6 is 0 Å². The summed E-state index contributed by atoms with van der Waals surface area (Å²) in [6, 6.07) is 0.809. The van der Waals surface area contributed by atoms with Crippen molar-refractivity contribution >= 4 is 11.9 Å². The SMILES string of the molecule is CCC(C)N(CC(=O)O)C(=O)c1cncc(F)c1. The Labute approximate surface area is 104 Å². The highest BCUT2D eigenvalue weighted by molar-refractivity contribution is 5.95. The lowest BCUT2D eigenvalue weighted by Crippen LogP contribution is -2.41. The molecule has 0 saturated heterocycles. The second-order valence-corrected chi connectivity index (χ2v) is 3.98. The number of halogens is 1. The molecule has 1 N–H and O–H groups in total. The third-order valence-electron chi connectivity index (χ3n) is 2.64. The number of carbonyl (C=O) groups excluding carboxylic acids is 1. The molecule has 1 aromatic heterocycles. The molecule has 0 spiro atoms. The second kappa shape index (κ2) is 6.09. The van der Waals surface area contributed by atoms with Gasteiger partial charge in [-0.15, -0.1) is 0 Å². The van der Waals surface area contributed by atoms with E-state index in [0.29, 0.717) is 6.42 Å².